The zero-order chi connectivity index (χ0) is 22.1. The number of aryl methyl sites for hydroxylation is 2. The van der Waals surface area contributed by atoms with Crippen molar-refractivity contribution in [1.29, 1.82) is 0 Å². The highest BCUT2D eigenvalue weighted by molar-refractivity contribution is 7.90. The van der Waals surface area contributed by atoms with Crippen molar-refractivity contribution in [3.63, 3.8) is 0 Å². The minimum atomic E-state index is -4.56. The van der Waals surface area contributed by atoms with E-state index >= 15 is 0 Å². The Kier molecular flexibility index (Phi) is 5.37. The van der Waals surface area contributed by atoms with Crippen LogP contribution in [0, 0.1) is 0 Å². The lowest BCUT2D eigenvalue weighted by molar-refractivity contribution is 0.256. The number of tetrazole rings is 1. The number of nitrogens with zero attached hydrogens (tertiary/aromatic N) is 7. The quantitative estimate of drug-likeness (QED) is 0.391. The summed E-state index contributed by atoms with van der Waals surface area (Å²) in [6, 6.07) is 0.155. The monoisotopic (exact) mass is 440 g/mol. The van der Waals surface area contributed by atoms with Crippen molar-refractivity contribution in [1.82, 2.24) is 44.7 Å². The summed E-state index contributed by atoms with van der Waals surface area (Å²) >= 11 is 0. The van der Waals surface area contributed by atoms with Gasteiger partial charge in [0.25, 0.3) is 15.6 Å². The molecule has 3 aromatic heterocycles. The zero-order valence-corrected chi connectivity index (χ0v) is 16.9. The minimum absolute atomic E-state index is 0.0726. The van der Waals surface area contributed by atoms with E-state index in [2.05, 4.69) is 35.8 Å². The molecule has 30 heavy (non-hydrogen) atoms. The standard InChI is InChI=1S/C13H16N10O6S/c1-22-11(24)8(9-17-21-23(2)18-9)10(19-22)30(26,27)20-13(25)16-12-14-6(28-3)5-7(15-12)29-4/h5,19H,1-4H3,(H2,14,15,16,20,25). The molecule has 2 amide bonds. The van der Waals surface area contributed by atoms with Gasteiger partial charge in [-0.1, -0.05) is 0 Å². The molecule has 0 bridgehead atoms. The van der Waals surface area contributed by atoms with Crippen molar-refractivity contribution >= 4 is 22.0 Å². The number of hydrogen-bond acceptors (Lipinski definition) is 11. The van der Waals surface area contributed by atoms with Gasteiger partial charge in [0.05, 0.1) is 27.3 Å². The highest BCUT2D eigenvalue weighted by Crippen LogP contribution is 2.19. The van der Waals surface area contributed by atoms with Gasteiger partial charge in [-0.25, -0.2) is 9.52 Å². The molecule has 0 aliphatic heterocycles. The minimum Gasteiger partial charge on any atom is -0.481 e. The third-order valence-corrected chi connectivity index (χ3v) is 4.85. The maximum Gasteiger partial charge on any atom is 0.335 e. The van der Waals surface area contributed by atoms with E-state index < -0.39 is 26.6 Å². The number of sulfonamides is 1. The van der Waals surface area contributed by atoms with Crippen LogP contribution in [-0.2, 0) is 24.1 Å². The third kappa shape index (κ3) is 4.04. The van der Waals surface area contributed by atoms with Gasteiger partial charge in [0.15, 0.2) is 5.03 Å². The molecule has 0 unspecified atom stereocenters. The molecule has 0 saturated carbocycles. The third-order valence-electron chi connectivity index (χ3n) is 3.57. The van der Waals surface area contributed by atoms with Gasteiger partial charge >= 0.3 is 6.03 Å². The lowest BCUT2D eigenvalue weighted by atomic mass is 10.3. The number of H-pyrrole nitrogens is 1. The largest absolute Gasteiger partial charge is 0.481 e. The Hall–Kier alpha value is -4.02. The number of hydrogen-bond donors (Lipinski definition) is 3. The Balaban J connectivity index is 1.90. The summed E-state index contributed by atoms with van der Waals surface area (Å²) in [6.07, 6.45) is 0. The number of aromatic amines is 1. The summed E-state index contributed by atoms with van der Waals surface area (Å²) in [7, 11) is 0.848. The molecule has 16 nitrogen and oxygen atoms in total. The first-order valence-corrected chi connectivity index (χ1v) is 9.47. The second-order valence-corrected chi connectivity index (χ2v) is 7.24. The van der Waals surface area contributed by atoms with Gasteiger partial charge in [0, 0.05) is 7.05 Å². The molecule has 3 N–H and O–H groups in total. The SMILES string of the molecule is COc1cc(OC)nc(NC(=O)NS(=O)(=O)c2[nH]n(C)c(=O)c2-c2nnn(C)n2)n1. The van der Waals surface area contributed by atoms with Crippen molar-refractivity contribution in [2.75, 3.05) is 19.5 Å². The highest BCUT2D eigenvalue weighted by atomic mass is 32.2. The van der Waals surface area contributed by atoms with E-state index in [1.54, 1.807) is 4.72 Å². The fourth-order valence-corrected chi connectivity index (χ4v) is 3.37. The highest BCUT2D eigenvalue weighted by Gasteiger charge is 2.30. The number of rotatable bonds is 6. The van der Waals surface area contributed by atoms with Crippen LogP contribution in [0.4, 0.5) is 10.7 Å². The maximum absolute atomic E-state index is 12.7. The second kappa shape index (κ2) is 7.78. The molecule has 0 fully saturated rings. The van der Waals surface area contributed by atoms with Gasteiger partial charge in [0.2, 0.25) is 23.5 Å². The number of aromatic nitrogens is 8. The molecule has 0 aliphatic rings. The van der Waals surface area contributed by atoms with E-state index in [0.717, 1.165) is 9.48 Å². The zero-order valence-electron chi connectivity index (χ0n) is 16.1. The molecule has 0 aromatic carbocycles. The number of amides is 2. The van der Waals surface area contributed by atoms with E-state index in [9.17, 15) is 18.0 Å². The summed E-state index contributed by atoms with van der Waals surface area (Å²) in [5.74, 6) is -0.371. The number of nitrogens with one attached hydrogen (secondary N) is 3. The molecule has 0 radical (unpaired) electrons. The lowest BCUT2D eigenvalue weighted by Gasteiger charge is -2.09. The van der Waals surface area contributed by atoms with E-state index in [4.69, 9.17) is 9.47 Å². The van der Waals surface area contributed by atoms with Gasteiger partial charge in [-0.3, -0.25) is 19.9 Å². The van der Waals surface area contributed by atoms with E-state index in [1.165, 1.54) is 34.4 Å². The fraction of sp³-hybridized carbons (Fsp3) is 0.308. The van der Waals surface area contributed by atoms with Crippen LogP contribution >= 0.6 is 0 Å². The predicted octanol–water partition coefficient (Wildman–Crippen LogP) is -1.78. The number of anilines is 1. The normalized spacial score (nSPS) is 11.2. The van der Waals surface area contributed by atoms with Gasteiger partial charge < -0.3 is 9.47 Å². The summed E-state index contributed by atoms with van der Waals surface area (Å²) in [6.45, 7) is 0. The van der Waals surface area contributed by atoms with Crippen LogP contribution in [-0.4, -0.2) is 68.6 Å². The number of ether oxygens (including phenoxy) is 2. The Morgan fingerprint density at radius 1 is 1.17 bits per heavy atom. The Labute approximate surface area is 168 Å². The Morgan fingerprint density at radius 2 is 1.80 bits per heavy atom. The first-order valence-electron chi connectivity index (χ1n) is 7.99. The van der Waals surface area contributed by atoms with Crippen LogP contribution in [0.25, 0.3) is 11.4 Å². The summed E-state index contributed by atoms with van der Waals surface area (Å²) in [5, 5.41) is 14.9. The summed E-state index contributed by atoms with van der Waals surface area (Å²) < 4.78 is 38.0. The molecule has 3 heterocycles. The first kappa shape index (κ1) is 20.7. The van der Waals surface area contributed by atoms with Crippen LogP contribution in [0.1, 0.15) is 0 Å². The van der Waals surface area contributed by atoms with Crippen LogP contribution in [0.3, 0.4) is 0 Å². The fourth-order valence-electron chi connectivity index (χ4n) is 2.27. The van der Waals surface area contributed by atoms with Crippen LogP contribution in [0.5, 0.6) is 11.8 Å². The van der Waals surface area contributed by atoms with Crippen molar-refractivity contribution < 1.29 is 22.7 Å². The van der Waals surface area contributed by atoms with Crippen LogP contribution in [0.15, 0.2) is 15.9 Å². The van der Waals surface area contributed by atoms with Crippen LogP contribution in [0.2, 0.25) is 0 Å². The molecule has 0 spiro atoms. The maximum atomic E-state index is 12.7. The van der Waals surface area contributed by atoms with Crippen molar-refractivity contribution in [3.8, 4) is 23.1 Å². The smallest absolute Gasteiger partial charge is 0.335 e. The Bertz CT molecular complexity index is 1240. The van der Waals surface area contributed by atoms with Gasteiger partial charge in [-0.15, -0.1) is 10.2 Å². The Morgan fingerprint density at radius 3 is 2.33 bits per heavy atom. The first-order chi connectivity index (χ1) is 14.1. The number of urea groups is 1. The average molecular weight is 440 g/mol. The van der Waals surface area contributed by atoms with Gasteiger partial charge in [-0.2, -0.15) is 23.2 Å². The second-order valence-electron chi connectivity index (χ2n) is 5.62. The molecule has 3 rings (SSSR count). The van der Waals surface area contributed by atoms with Crippen LogP contribution < -0.4 is 25.1 Å². The van der Waals surface area contributed by atoms with E-state index in [-0.39, 0.29) is 29.1 Å². The van der Waals surface area contributed by atoms with Crippen molar-refractivity contribution in [3.05, 3.63) is 16.4 Å². The van der Waals surface area contributed by atoms with Crippen molar-refractivity contribution in [2.24, 2.45) is 14.1 Å². The molecule has 160 valence electrons. The lowest BCUT2D eigenvalue weighted by Crippen LogP contribution is -2.35. The molecular weight excluding hydrogens is 424 g/mol. The average Bonchev–Trinajstić information content (AvgIpc) is 3.24. The molecule has 0 atom stereocenters. The van der Waals surface area contributed by atoms with Gasteiger partial charge in [0.1, 0.15) is 5.56 Å². The predicted molar refractivity (Wildman–Crippen MR) is 98.3 cm³/mol. The van der Waals surface area contributed by atoms with E-state index in [1.807, 2.05) is 0 Å². The van der Waals surface area contributed by atoms with Gasteiger partial charge in [-0.05, 0) is 5.21 Å². The molecular formula is C13H16N10O6S. The van der Waals surface area contributed by atoms with E-state index in [0.29, 0.717) is 0 Å². The molecule has 0 aliphatic carbocycles. The summed E-state index contributed by atoms with van der Waals surface area (Å²) in [5.41, 5.74) is -1.12. The number of methoxy groups -OCH3 is 2. The molecule has 17 heteroatoms. The number of carbonyl (C=O) groups excluding carboxylic acids is 1. The molecule has 3 aromatic rings. The summed E-state index contributed by atoms with van der Waals surface area (Å²) in [4.78, 5) is 33.3. The topological polar surface area (TPSA) is 201 Å². The molecule has 0 saturated heterocycles. The van der Waals surface area contributed by atoms with Crippen molar-refractivity contribution in [2.45, 2.75) is 5.03 Å². The number of carbonyl (C=O) groups is 1.